The van der Waals surface area contributed by atoms with E-state index >= 15 is 0 Å². The summed E-state index contributed by atoms with van der Waals surface area (Å²) in [6.45, 7) is 4.90. The molecule has 1 aromatic heterocycles. The minimum atomic E-state index is 0.816. The molecule has 3 rings (SSSR count). The van der Waals surface area contributed by atoms with Gasteiger partial charge in [0.25, 0.3) is 0 Å². The van der Waals surface area contributed by atoms with Crippen molar-refractivity contribution in [1.29, 1.82) is 0 Å². The molecule has 0 bridgehead atoms. The van der Waals surface area contributed by atoms with E-state index < -0.39 is 0 Å². The zero-order valence-electron chi connectivity index (χ0n) is 14.7. The first-order chi connectivity index (χ1) is 11.7. The Morgan fingerprint density at radius 1 is 1.21 bits per heavy atom. The molecule has 128 valence electrons. The minimum absolute atomic E-state index is 0.816. The zero-order valence-corrected chi connectivity index (χ0v) is 14.7. The topological polar surface area (TPSA) is 47.5 Å². The number of benzene rings is 1. The van der Waals surface area contributed by atoms with Gasteiger partial charge in [0.1, 0.15) is 17.3 Å². The fourth-order valence-corrected chi connectivity index (χ4v) is 3.12. The maximum absolute atomic E-state index is 5.51. The number of methoxy groups -OCH3 is 2. The number of fused-ring (bicyclic) bond motifs is 1. The third-order valence-electron chi connectivity index (χ3n) is 4.42. The lowest BCUT2D eigenvalue weighted by molar-refractivity contribution is 0.238. The van der Waals surface area contributed by atoms with E-state index in [9.17, 15) is 0 Å². The Balaban J connectivity index is 1.72. The second kappa shape index (κ2) is 7.62. The molecule has 1 aromatic carbocycles. The summed E-state index contributed by atoms with van der Waals surface area (Å²) in [5, 5.41) is 0. The summed E-state index contributed by atoms with van der Waals surface area (Å²) in [4.78, 5) is 11.6. The highest BCUT2D eigenvalue weighted by Gasteiger charge is 2.19. The Morgan fingerprint density at radius 2 is 2.08 bits per heavy atom. The standard InChI is InChI=1S/C19H25N3O2/c1-4-5-19-20-11-15-13-22(9-8-17(15)21-19)12-14-6-7-16(23-2)10-18(14)24-3/h6-7,10-11H,4-5,8-9,12-13H2,1-3H3. The molecular weight excluding hydrogens is 302 g/mol. The number of ether oxygens (including phenoxy) is 2. The van der Waals surface area contributed by atoms with Crippen LogP contribution in [-0.2, 0) is 25.9 Å². The van der Waals surface area contributed by atoms with Crippen molar-refractivity contribution in [2.24, 2.45) is 0 Å². The first-order valence-corrected chi connectivity index (χ1v) is 8.50. The molecule has 1 aliphatic heterocycles. The molecule has 1 aliphatic rings. The largest absolute Gasteiger partial charge is 0.497 e. The molecule has 0 saturated carbocycles. The maximum Gasteiger partial charge on any atom is 0.128 e. The molecule has 0 spiro atoms. The monoisotopic (exact) mass is 327 g/mol. The lowest BCUT2D eigenvalue weighted by atomic mass is 10.1. The lowest BCUT2D eigenvalue weighted by Gasteiger charge is -2.28. The van der Waals surface area contributed by atoms with Crippen LogP contribution in [-0.4, -0.2) is 35.6 Å². The highest BCUT2D eigenvalue weighted by Crippen LogP contribution is 2.27. The normalized spacial score (nSPS) is 14.3. The van der Waals surface area contributed by atoms with Gasteiger partial charge in [-0.1, -0.05) is 13.0 Å². The van der Waals surface area contributed by atoms with Crippen LogP contribution in [0.15, 0.2) is 24.4 Å². The summed E-state index contributed by atoms with van der Waals surface area (Å²) in [5.41, 5.74) is 3.63. The Bertz CT molecular complexity index is 703. The van der Waals surface area contributed by atoms with E-state index in [-0.39, 0.29) is 0 Å². The highest BCUT2D eigenvalue weighted by atomic mass is 16.5. The van der Waals surface area contributed by atoms with Gasteiger partial charge in [0.05, 0.1) is 14.2 Å². The molecule has 0 aliphatic carbocycles. The Labute approximate surface area is 143 Å². The second-order valence-corrected chi connectivity index (χ2v) is 6.15. The number of nitrogens with zero attached hydrogens (tertiary/aromatic N) is 3. The van der Waals surface area contributed by atoms with E-state index in [4.69, 9.17) is 14.5 Å². The number of aromatic nitrogens is 2. The van der Waals surface area contributed by atoms with Crippen LogP contribution < -0.4 is 9.47 Å². The molecule has 0 N–H and O–H groups in total. The summed E-state index contributed by atoms with van der Waals surface area (Å²) in [6.07, 6.45) is 5.03. The average Bonchev–Trinajstić information content (AvgIpc) is 2.62. The fraction of sp³-hybridized carbons (Fsp3) is 0.474. The summed E-state index contributed by atoms with van der Waals surface area (Å²) < 4.78 is 10.8. The van der Waals surface area contributed by atoms with Crippen molar-refractivity contribution in [3.05, 3.63) is 47.0 Å². The Hall–Kier alpha value is -2.14. The van der Waals surface area contributed by atoms with Gasteiger partial charge in [0.2, 0.25) is 0 Å². The van der Waals surface area contributed by atoms with Gasteiger partial charge in [-0.3, -0.25) is 4.90 Å². The van der Waals surface area contributed by atoms with Gasteiger partial charge in [-0.05, 0) is 12.5 Å². The predicted octanol–water partition coefficient (Wildman–Crippen LogP) is 3.00. The van der Waals surface area contributed by atoms with Crippen molar-refractivity contribution in [2.75, 3.05) is 20.8 Å². The number of hydrogen-bond donors (Lipinski definition) is 0. The Morgan fingerprint density at radius 3 is 2.83 bits per heavy atom. The van der Waals surface area contributed by atoms with Gasteiger partial charge in [-0.25, -0.2) is 9.97 Å². The van der Waals surface area contributed by atoms with Crippen molar-refractivity contribution in [3.63, 3.8) is 0 Å². The summed E-state index contributed by atoms with van der Waals surface area (Å²) in [6, 6.07) is 6.00. The molecule has 0 atom stereocenters. The summed E-state index contributed by atoms with van der Waals surface area (Å²) in [5.74, 6) is 2.66. The van der Waals surface area contributed by atoms with Gasteiger partial charge in [-0.2, -0.15) is 0 Å². The molecule has 2 aromatic rings. The van der Waals surface area contributed by atoms with E-state index in [1.807, 2.05) is 18.3 Å². The predicted molar refractivity (Wildman–Crippen MR) is 93.4 cm³/mol. The van der Waals surface area contributed by atoms with Gasteiger partial charge >= 0.3 is 0 Å². The second-order valence-electron chi connectivity index (χ2n) is 6.15. The average molecular weight is 327 g/mol. The van der Waals surface area contributed by atoms with Crippen LogP contribution in [0.25, 0.3) is 0 Å². The van der Waals surface area contributed by atoms with Crippen molar-refractivity contribution >= 4 is 0 Å². The third kappa shape index (κ3) is 3.67. The molecule has 5 nitrogen and oxygen atoms in total. The quantitative estimate of drug-likeness (QED) is 0.816. The fourth-order valence-electron chi connectivity index (χ4n) is 3.12. The van der Waals surface area contributed by atoms with Crippen LogP contribution in [0.3, 0.4) is 0 Å². The SMILES string of the molecule is CCCc1ncc2c(n1)CCN(Cc1ccc(OC)cc1OC)C2. The molecule has 0 radical (unpaired) electrons. The van der Waals surface area contributed by atoms with Gasteiger partial charge in [0, 0.05) is 61.6 Å². The van der Waals surface area contributed by atoms with Crippen LogP contribution in [0.2, 0.25) is 0 Å². The van der Waals surface area contributed by atoms with Crippen molar-refractivity contribution < 1.29 is 9.47 Å². The molecular formula is C19H25N3O2. The van der Waals surface area contributed by atoms with Crippen molar-refractivity contribution in [2.45, 2.75) is 39.3 Å². The number of hydrogen-bond acceptors (Lipinski definition) is 5. The summed E-state index contributed by atoms with van der Waals surface area (Å²) in [7, 11) is 3.37. The highest BCUT2D eigenvalue weighted by molar-refractivity contribution is 5.40. The van der Waals surface area contributed by atoms with Crippen LogP contribution in [0, 0.1) is 0 Å². The number of aryl methyl sites for hydroxylation is 1. The molecule has 5 heteroatoms. The smallest absolute Gasteiger partial charge is 0.128 e. The molecule has 0 amide bonds. The third-order valence-corrected chi connectivity index (χ3v) is 4.42. The molecule has 0 unspecified atom stereocenters. The van der Waals surface area contributed by atoms with Gasteiger partial charge < -0.3 is 9.47 Å². The molecule has 2 heterocycles. The first kappa shape index (κ1) is 16.7. The van der Waals surface area contributed by atoms with E-state index in [0.717, 1.165) is 56.2 Å². The number of rotatable bonds is 6. The lowest BCUT2D eigenvalue weighted by Crippen LogP contribution is -2.31. The maximum atomic E-state index is 5.51. The minimum Gasteiger partial charge on any atom is -0.497 e. The molecule has 0 fully saturated rings. The molecule has 0 saturated heterocycles. The van der Waals surface area contributed by atoms with Gasteiger partial charge in [-0.15, -0.1) is 0 Å². The van der Waals surface area contributed by atoms with Gasteiger partial charge in [0.15, 0.2) is 0 Å². The van der Waals surface area contributed by atoms with Crippen LogP contribution in [0.1, 0.15) is 36.0 Å². The Kier molecular flexibility index (Phi) is 5.30. The van der Waals surface area contributed by atoms with Crippen LogP contribution in [0.4, 0.5) is 0 Å². The van der Waals surface area contributed by atoms with E-state index in [0.29, 0.717) is 0 Å². The van der Waals surface area contributed by atoms with E-state index in [1.165, 1.54) is 16.8 Å². The molecule has 24 heavy (non-hydrogen) atoms. The van der Waals surface area contributed by atoms with Crippen molar-refractivity contribution in [3.8, 4) is 11.5 Å². The van der Waals surface area contributed by atoms with Crippen LogP contribution >= 0.6 is 0 Å². The van der Waals surface area contributed by atoms with Crippen LogP contribution in [0.5, 0.6) is 11.5 Å². The zero-order chi connectivity index (χ0) is 16.9. The summed E-state index contributed by atoms with van der Waals surface area (Å²) >= 11 is 0. The van der Waals surface area contributed by atoms with E-state index in [2.05, 4.69) is 22.9 Å². The van der Waals surface area contributed by atoms with E-state index in [1.54, 1.807) is 14.2 Å². The van der Waals surface area contributed by atoms with Crippen molar-refractivity contribution in [1.82, 2.24) is 14.9 Å². The first-order valence-electron chi connectivity index (χ1n) is 8.50.